The fraction of sp³-hybridized carbons (Fsp3) is 1.00. The third-order valence-electron chi connectivity index (χ3n) is 2.95. The van der Waals surface area contributed by atoms with E-state index in [9.17, 15) is 0 Å². The Morgan fingerprint density at radius 1 is 1.00 bits per heavy atom. The molecule has 0 spiro atoms. The van der Waals surface area contributed by atoms with Gasteiger partial charge in [-0.3, -0.25) is 0 Å². The summed E-state index contributed by atoms with van der Waals surface area (Å²) in [7, 11) is 6.52. The van der Waals surface area contributed by atoms with E-state index in [0.29, 0.717) is 6.04 Å². The third-order valence-corrected chi connectivity index (χ3v) is 2.95. The average Bonchev–Trinajstić information content (AvgIpc) is 2.25. The first-order valence-corrected chi connectivity index (χ1v) is 6.67. The van der Waals surface area contributed by atoms with Crippen molar-refractivity contribution < 1.29 is 0 Å². The molecule has 0 radical (unpaired) electrons. The van der Waals surface area contributed by atoms with Crippen LogP contribution in [0.3, 0.4) is 0 Å². The Morgan fingerprint density at radius 2 is 1.69 bits per heavy atom. The molecule has 1 N–H and O–H groups in total. The number of rotatable bonds is 10. The molecule has 0 saturated carbocycles. The van der Waals surface area contributed by atoms with Crippen LogP contribution in [-0.2, 0) is 0 Å². The zero-order chi connectivity index (χ0) is 12.4. The lowest BCUT2D eigenvalue weighted by Gasteiger charge is -2.29. The molecule has 16 heavy (non-hydrogen) atoms. The normalized spacial score (nSPS) is 13.7. The molecule has 3 heteroatoms. The molecule has 0 saturated heterocycles. The zero-order valence-corrected chi connectivity index (χ0v) is 11.9. The van der Waals surface area contributed by atoms with Gasteiger partial charge in [-0.1, -0.05) is 20.3 Å². The van der Waals surface area contributed by atoms with E-state index in [0.717, 1.165) is 26.2 Å². The molecule has 0 aromatic heterocycles. The molecule has 1 unspecified atom stereocenters. The molecule has 0 aliphatic rings. The second kappa shape index (κ2) is 10.1. The van der Waals surface area contributed by atoms with Crippen molar-refractivity contribution in [3.8, 4) is 0 Å². The number of hydrogen-bond acceptors (Lipinski definition) is 3. The van der Waals surface area contributed by atoms with Crippen molar-refractivity contribution in [2.24, 2.45) is 0 Å². The van der Waals surface area contributed by atoms with Crippen LogP contribution in [-0.4, -0.2) is 63.2 Å². The highest BCUT2D eigenvalue weighted by Crippen LogP contribution is 2.04. The molecule has 0 bridgehead atoms. The van der Waals surface area contributed by atoms with E-state index in [1.54, 1.807) is 0 Å². The summed E-state index contributed by atoms with van der Waals surface area (Å²) in [4.78, 5) is 4.74. The minimum atomic E-state index is 0.691. The molecule has 0 amide bonds. The Bertz CT molecular complexity index is 148. The first-order valence-electron chi connectivity index (χ1n) is 6.67. The summed E-state index contributed by atoms with van der Waals surface area (Å²) in [5, 5.41) is 3.53. The Morgan fingerprint density at radius 3 is 2.19 bits per heavy atom. The lowest BCUT2D eigenvalue weighted by Crippen LogP contribution is -2.42. The standard InChI is InChI=1S/C13H31N3/c1-6-8-13(12-14-9-7-2)16(5)11-10-15(3)4/h13-14H,6-12H2,1-5H3. The first-order chi connectivity index (χ1) is 7.61. The van der Waals surface area contributed by atoms with Gasteiger partial charge in [0.25, 0.3) is 0 Å². The fourth-order valence-electron chi connectivity index (χ4n) is 1.80. The molecule has 0 fully saturated rings. The number of hydrogen-bond donors (Lipinski definition) is 1. The van der Waals surface area contributed by atoms with Gasteiger partial charge in [0.05, 0.1) is 0 Å². The maximum Gasteiger partial charge on any atom is 0.0218 e. The molecule has 0 aromatic rings. The molecule has 98 valence electrons. The SMILES string of the molecule is CCCNCC(CCC)N(C)CCN(C)C. The fourth-order valence-corrected chi connectivity index (χ4v) is 1.80. The van der Waals surface area contributed by atoms with Gasteiger partial charge in [-0.15, -0.1) is 0 Å². The lowest BCUT2D eigenvalue weighted by molar-refractivity contribution is 0.202. The molecule has 0 aliphatic carbocycles. The molecule has 1 atom stereocenters. The van der Waals surface area contributed by atoms with Gasteiger partial charge in [0, 0.05) is 25.7 Å². The molecule has 0 rings (SSSR count). The zero-order valence-electron chi connectivity index (χ0n) is 11.9. The van der Waals surface area contributed by atoms with Crippen molar-refractivity contribution in [2.45, 2.75) is 39.2 Å². The van der Waals surface area contributed by atoms with Gasteiger partial charge in [-0.25, -0.2) is 0 Å². The van der Waals surface area contributed by atoms with Gasteiger partial charge < -0.3 is 15.1 Å². The van der Waals surface area contributed by atoms with Crippen LogP contribution in [0.25, 0.3) is 0 Å². The van der Waals surface area contributed by atoms with Crippen LogP contribution in [0, 0.1) is 0 Å². The molecule has 0 aromatic carbocycles. The highest BCUT2D eigenvalue weighted by molar-refractivity contribution is 4.71. The van der Waals surface area contributed by atoms with Crippen LogP contribution in [0.4, 0.5) is 0 Å². The molecular formula is C13H31N3. The monoisotopic (exact) mass is 229 g/mol. The van der Waals surface area contributed by atoms with Gasteiger partial charge >= 0.3 is 0 Å². The summed E-state index contributed by atoms with van der Waals surface area (Å²) < 4.78 is 0. The number of nitrogens with one attached hydrogen (secondary N) is 1. The number of likely N-dealkylation sites (N-methyl/N-ethyl adjacent to an activating group) is 2. The first kappa shape index (κ1) is 15.9. The van der Waals surface area contributed by atoms with Crippen molar-refractivity contribution in [2.75, 3.05) is 47.3 Å². The highest BCUT2D eigenvalue weighted by atomic mass is 15.2. The van der Waals surface area contributed by atoms with Crippen LogP contribution >= 0.6 is 0 Å². The Hall–Kier alpha value is -0.120. The second-order valence-electron chi connectivity index (χ2n) is 4.93. The van der Waals surface area contributed by atoms with Gasteiger partial charge in [0.1, 0.15) is 0 Å². The maximum absolute atomic E-state index is 3.53. The van der Waals surface area contributed by atoms with E-state index in [-0.39, 0.29) is 0 Å². The summed E-state index contributed by atoms with van der Waals surface area (Å²) in [5.41, 5.74) is 0. The van der Waals surface area contributed by atoms with Crippen LogP contribution in [0.5, 0.6) is 0 Å². The van der Waals surface area contributed by atoms with Gasteiger partial charge in [0.2, 0.25) is 0 Å². The predicted molar refractivity (Wildman–Crippen MR) is 73.0 cm³/mol. The average molecular weight is 229 g/mol. The minimum absolute atomic E-state index is 0.691. The van der Waals surface area contributed by atoms with Crippen molar-refractivity contribution >= 4 is 0 Å². The van der Waals surface area contributed by atoms with Crippen molar-refractivity contribution in [3.05, 3.63) is 0 Å². The summed E-state index contributed by atoms with van der Waals surface area (Å²) in [6, 6.07) is 0.691. The van der Waals surface area contributed by atoms with Crippen LogP contribution in [0.2, 0.25) is 0 Å². The van der Waals surface area contributed by atoms with Crippen molar-refractivity contribution in [1.82, 2.24) is 15.1 Å². The number of nitrogens with zero attached hydrogens (tertiary/aromatic N) is 2. The van der Waals surface area contributed by atoms with Crippen molar-refractivity contribution in [3.63, 3.8) is 0 Å². The van der Waals surface area contributed by atoms with E-state index in [2.05, 4.69) is 50.1 Å². The maximum atomic E-state index is 3.53. The van der Waals surface area contributed by atoms with Crippen LogP contribution in [0.1, 0.15) is 33.1 Å². The molecule has 0 heterocycles. The molecular weight excluding hydrogens is 198 g/mol. The molecule has 0 aliphatic heterocycles. The van der Waals surface area contributed by atoms with E-state index in [1.807, 2.05) is 0 Å². The largest absolute Gasteiger partial charge is 0.315 e. The smallest absolute Gasteiger partial charge is 0.0218 e. The quantitative estimate of drug-likeness (QED) is 0.575. The topological polar surface area (TPSA) is 18.5 Å². The summed E-state index contributed by atoms with van der Waals surface area (Å²) >= 11 is 0. The van der Waals surface area contributed by atoms with Crippen molar-refractivity contribution in [1.29, 1.82) is 0 Å². The second-order valence-corrected chi connectivity index (χ2v) is 4.93. The summed E-state index contributed by atoms with van der Waals surface area (Å²) in [6.07, 6.45) is 3.78. The third kappa shape index (κ3) is 8.08. The van der Waals surface area contributed by atoms with E-state index in [4.69, 9.17) is 0 Å². The van der Waals surface area contributed by atoms with Crippen LogP contribution < -0.4 is 5.32 Å². The van der Waals surface area contributed by atoms with Gasteiger partial charge in [-0.05, 0) is 40.5 Å². The highest BCUT2D eigenvalue weighted by Gasteiger charge is 2.12. The minimum Gasteiger partial charge on any atom is -0.315 e. The van der Waals surface area contributed by atoms with E-state index >= 15 is 0 Å². The predicted octanol–water partition coefficient (Wildman–Crippen LogP) is 1.65. The van der Waals surface area contributed by atoms with E-state index < -0.39 is 0 Å². The Kier molecular flexibility index (Phi) is 9.99. The Balaban J connectivity index is 3.86. The Labute approximate surface area is 102 Å². The van der Waals surface area contributed by atoms with Gasteiger partial charge in [-0.2, -0.15) is 0 Å². The summed E-state index contributed by atoms with van der Waals surface area (Å²) in [5.74, 6) is 0. The summed E-state index contributed by atoms with van der Waals surface area (Å²) in [6.45, 7) is 9.06. The molecule has 3 nitrogen and oxygen atoms in total. The van der Waals surface area contributed by atoms with E-state index in [1.165, 1.54) is 19.3 Å². The lowest BCUT2D eigenvalue weighted by atomic mass is 10.1. The van der Waals surface area contributed by atoms with Crippen LogP contribution in [0.15, 0.2) is 0 Å². The van der Waals surface area contributed by atoms with Gasteiger partial charge in [0.15, 0.2) is 0 Å².